The Labute approximate surface area is 117 Å². The summed E-state index contributed by atoms with van der Waals surface area (Å²) in [7, 11) is 3.38. The van der Waals surface area contributed by atoms with Crippen LogP contribution in [0.5, 0.6) is 0 Å². The molecule has 0 aromatic heterocycles. The van der Waals surface area contributed by atoms with Gasteiger partial charge in [0.1, 0.15) is 0 Å². The molecular formula is C13H21BrN2O2. The first-order valence-electron chi connectivity index (χ1n) is 5.98. The summed E-state index contributed by atoms with van der Waals surface area (Å²) < 4.78 is 11.4. The van der Waals surface area contributed by atoms with Crippen molar-refractivity contribution >= 4 is 21.6 Å². The van der Waals surface area contributed by atoms with Crippen LogP contribution < -0.4 is 10.6 Å². The number of methoxy groups -OCH3 is 2. The molecule has 1 aromatic rings. The van der Waals surface area contributed by atoms with Crippen LogP contribution in [0.4, 0.5) is 5.69 Å². The van der Waals surface area contributed by atoms with Crippen LogP contribution in [-0.4, -0.2) is 46.6 Å². The standard InChI is InChI=1S/C13H21BrN2O2/c1-17-10-13(18-2)9-15-7-8-16-12-5-3-11(14)4-6-12/h3-6,13,15-16H,7-10H2,1-2H3. The molecule has 2 N–H and O–H groups in total. The van der Waals surface area contributed by atoms with Gasteiger partial charge < -0.3 is 20.1 Å². The van der Waals surface area contributed by atoms with E-state index >= 15 is 0 Å². The van der Waals surface area contributed by atoms with Crippen LogP contribution in [0, 0.1) is 0 Å². The van der Waals surface area contributed by atoms with Crippen LogP contribution in [0.2, 0.25) is 0 Å². The highest BCUT2D eigenvalue weighted by Crippen LogP contribution is 2.13. The number of benzene rings is 1. The first-order chi connectivity index (χ1) is 8.76. The minimum absolute atomic E-state index is 0.114. The first-order valence-corrected chi connectivity index (χ1v) is 6.77. The van der Waals surface area contributed by atoms with E-state index in [9.17, 15) is 0 Å². The van der Waals surface area contributed by atoms with Gasteiger partial charge >= 0.3 is 0 Å². The fourth-order valence-corrected chi connectivity index (χ4v) is 1.79. The third-order valence-electron chi connectivity index (χ3n) is 2.53. The molecule has 1 unspecified atom stereocenters. The van der Waals surface area contributed by atoms with Gasteiger partial charge in [-0.15, -0.1) is 0 Å². The van der Waals surface area contributed by atoms with Gasteiger partial charge in [-0.05, 0) is 24.3 Å². The molecule has 0 bridgehead atoms. The van der Waals surface area contributed by atoms with E-state index in [-0.39, 0.29) is 6.10 Å². The van der Waals surface area contributed by atoms with Gasteiger partial charge in [0.15, 0.2) is 0 Å². The van der Waals surface area contributed by atoms with Crippen LogP contribution in [0.25, 0.3) is 0 Å². The molecule has 0 amide bonds. The summed E-state index contributed by atoms with van der Waals surface area (Å²) in [5, 5.41) is 6.67. The van der Waals surface area contributed by atoms with E-state index in [0.29, 0.717) is 6.61 Å². The van der Waals surface area contributed by atoms with Crippen LogP contribution in [0.3, 0.4) is 0 Å². The lowest BCUT2D eigenvalue weighted by Crippen LogP contribution is -2.34. The summed E-state index contributed by atoms with van der Waals surface area (Å²) in [5.41, 5.74) is 1.13. The third-order valence-corrected chi connectivity index (χ3v) is 3.06. The molecule has 1 rings (SSSR count). The minimum atomic E-state index is 0.114. The number of ether oxygens (including phenoxy) is 2. The number of hydrogen-bond acceptors (Lipinski definition) is 4. The van der Waals surface area contributed by atoms with Crippen molar-refractivity contribution in [1.29, 1.82) is 0 Å². The molecule has 0 fully saturated rings. The monoisotopic (exact) mass is 316 g/mol. The summed E-state index contributed by atoms with van der Waals surface area (Å²) in [4.78, 5) is 0. The van der Waals surface area contributed by atoms with E-state index in [1.807, 2.05) is 24.3 Å². The van der Waals surface area contributed by atoms with E-state index in [1.165, 1.54) is 0 Å². The predicted octanol–water partition coefficient (Wildman–Crippen LogP) is 2.11. The average Bonchev–Trinajstić information content (AvgIpc) is 2.39. The number of halogens is 1. The first kappa shape index (κ1) is 15.4. The molecule has 0 spiro atoms. The van der Waals surface area contributed by atoms with Crippen LogP contribution in [0.1, 0.15) is 0 Å². The lowest BCUT2D eigenvalue weighted by atomic mass is 10.3. The van der Waals surface area contributed by atoms with Crippen molar-refractivity contribution in [3.8, 4) is 0 Å². The van der Waals surface area contributed by atoms with Crippen molar-refractivity contribution < 1.29 is 9.47 Å². The summed E-state index contributed by atoms with van der Waals surface area (Å²) >= 11 is 3.41. The number of anilines is 1. The lowest BCUT2D eigenvalue weighted by molar-refractivity contribution is 0.0292. The summed E-state index contributed by atoms with van der Waals surface area (Å²) in [6.45, 7) is 3.18. The molecule has 0 saturated carbocycles. The zero-order valence-corrected chi connectivity index (χ0v) is 12.5. The van der Waals surface area contributed by atoms with Crippen molar-refractivity contribution in [3.63, 3.8) is 0 Å². The molecule has 102 valence electrons. The van der Waals surface area contributed by atoms with Gasteiger partial charge in [0.05, 0.1) is 12.7 Å². The molecule has 0 aliphatic heterocycles. The van der Waals surface area contributed by atoms with Gasteiger partial charge in [-0.1, -0.05) is 15.9 Å². The third kappa shape index (κ3) is 6.35. The normalized spacial score (nSPS) is 12.4. The van der Waals surface area contributed by atoms with Crippen molar-refractivity contribution in [2.75, 3.05) is 45.8 Å². The Hall–Kier alpha value is -0.620. The Morgan fingerprint density at radius 3 is 2.50 bits per heavy atom. The molecule has 0 aliphatic carbocycles. The van der Waals surface area contributed by atoms with Gasteiger partial charge in [-0.25, -0.2) is 0 Å². The second-order valence-electron chi connectivity index (χ2n) is 3.95. The molecule has 4 nitrogen and oxygen atoms in total. The fraction of sp³-hybridized carbons (Fsp3) is 0.538. The lowest BCUT2D eigenvalue weighted by Gasteiger charge is -2.15. The van der Waals surface area contributed by atoms with E-state index in [2.05, 4.69) is 26.6 Å². The second-order valence-corrected chi connectivity index (χ2v) is 4.87. The SMILES string of the molecule is COCC(CNCCNc1ccc(Br)cc1)OC. The van der Waals surface area contributed by atoms with Gasteiger partial charge in [0.25, 0.3) is 0 Å². The largest absolute Gasteiger partial charge is 0.384 e. The van der Waals surface area contributed by atoms with Gasteiger partial charge in [-0.2, -0.15) is 0 Å². The summed E-state index contributed by atoms with van der Waals surface area (Å²) in [6, 6.07) is 8.14. The zero-order chi connectivity index (χ0) is 13.2. The van der Waals surface area contributed by atoms with Crippen LogP contribution in [-0.2, 0) is 9.47 Å². The molecule has 1 aromatic carbocycles. The van der Waals surface area contributed by atoms with E-state index in [1.54, 1.807) is 14.2 Å². The second kappa shape index (κ2) is 9.33. The highest BCUT2D eigenvalue weighted by molar-refractivity contribution is 9.10. The number of nitrogens with one attached hydrogen (secondary N) is 2. The highest BCUT2D eigenvalue weighted by Gasteiger charge is 2.04. The Balaban J connectivity index is 2.09. The average molecular weight is 317 g/mol. The molecular weight excluding hydrogens is 296 g/mol. The Bertz CT molecular complexity index is 319. The van der Waals surface area contributed by atoms with Gasteiger partial charge in [0.2, 0.25) is 0 Å². The van der Waals surface area contributed by atoms with E-state index in [4.69, 9.17) is 9.47 Å². The molecule has 0 aliphatic rings. The summed E-state index contributed by atoms with van der Waals surface area (Å²) in [6.07, 6.45) is 0.114. The topological polar surface area (TPSA) is 42.5 Å². The molecule has 0 heterocycles. The Morgan fingerprint density at radius 2 is 1.89 bits per heavy atom. The fourth-order valence-electron chi connectivity index (χ4n) is 1.52. The zero-order valence-electron chi connectivity index (χ0n) is 10.9. The highest BCUT2D eigenvalue weighted by atomic mass is 79.9. The Morgan fingerprint density at radius 1 is 1.17 bits per heavy atom. The molecule has 0 saturated heterocycles. The van der Waals surface area contributed by atoms with Gasteiger partial charge in [0, 0.05) is 44.0 Å². The van der Waals surface area contributed by atoms with Crippen LogP contribution in [0.15, 0.2) is 28.7 Å². The molecule has 18 heavy (non-hydrogen) atoms. The maximum absolute atomic E-state index is 5.26. The molecule has 5 heteroatoms. The number of rotatable bonds is 9. The van der Waals surface area contributed by atoms with Crippen molar-refractivity contribution in [2.45, 2.75) is 6.10 Å². The van der Waals surface area contributed by atoms with Crippen LogP contribution >= 0.6 is 15.9 Å². The quantitative estimate of drug-likeness (QED) is 0.685. The van der Waals surface area contributed by atoms with Crippen molar-refractivity contribution in [2.24, 2.45) is 0 Å². The van der Waals surface area contributed by atoms with E-state index in [0.717, 1.165) is 29.8 Å². The van der Waals surface area contributed by atoms with Crippen molar-refractivity contribution in [3.05, 3.63) is 28.7 Å². The summed E-state index contributed by atoms with van der Waals surface area (Å²) in [5.74, 6) is 0. The number of hydrogen-bond donors (Lipinski definition) is 2. The minimum Gasteiger partial charge on any atom is -0.384 e. The smallest absolute Gasteiger partial charge is 0.0928 e. The molecule has 0 radical (unpaired) electrons. The van der Waals surface area contributed by atoms with Gasteiger partial charge in [-0.3, -0.25) is 0 Å². The molecule has 1 atom stereocenters. The predicted molar refractivity (Wildman–Crippen MR) is 78.2 cm³/mol. The maximum Gasteiger partial charge on any atom is 0.0928 e. The Kier molecular flexibility index (Phi) is 8.00. The van der Waals surface area contributed by atoms with Crippen molar-refractivity contribution in [1.82, 2.24) is 5.32 Å². The maximum atomic E-state index is 5.26. The van der Waals surface area contributed by atoms with E-state index < -0.39 is 0 Å².